The van der Waals surface area contributed by atoms with Gasteiger partial charge in [-0.3, -0.25) is 4.98 Å². The quantitative estimate of drug-likeness (QED) is 0.470. The number of carbonyl (C=O) groups is 1. The first kappa shape index (κ1) is 17.2. The number of carboxylic acids is 1. The molecule has 8 nitrogen and oxygen atoms in total. The monoisotopic (exact) mass is 400 g/mol. The van der Waals surface area contributed by atoms with E-state index in [4.69, 9.17) is 23.2 Å². The standard InChI is InChI=1S/C17H10Cl2N6O2/c18-8-1-3-13-10(5-8)15(12(7-20-13)16-22-24-25-23-16)21-14-4-2-9(19)6-11(14)17(26)27/h1-7H,(H,20,21)(H,26,27)(H,22,23,24,25). The highest BCUT2D eigenvalue weighted by Gasteiger charge is 2.17. The van der Waals surface area contributed by atoms with Gasteiger partial charge in [-0.25, -0.2) is 9.89 Å². The molecule has 3 N–H and O–H groups in total. The maximum absolute atomic E-state index is 11.6. The number of hydrogen-bond donors (Lipinski definition) is 3. The molecule has 0 amide bonds. The second kappa shape index (κ2) is 6.82. The van der Waals surface area contributed by atoms with Crippen molar-refractivity contribution in [1.29, 1.82) is 0 Å². The number of nitrogens with zero attached hydrogens (tertiary/aromatic N) is 4. The van der Waals surface area contributed by atoms with Crippen LogP contribution in [-0.2, 0) is 0 Å². The fraction of sp³-hybridized carbons (Fsp3) is 0. The molecule has 4 rings (SSSR count). The Bertz CT molecular complexity index is 1160. The highest BCUT2D eigenvalue weighted by atomic mass is 35.5. The lowest BCUT2D eigenvalue weighted by atomic mass is 10.1. The molecule has 0 aliphatic rings. The van der Waals surface area contributed by atoms with E-state index in [-0.39, 0.29) is 5.56 Å². The van der Waals surface area contributed by atoms with Crippen LogP contribution in [0.4, 0.5) is 11.4 Å². The number of aromatic nitrogens is 5. The van der Waals surface area contributed by atoms with Crippen LogP contribution < -0.4 is 5.32 Å². The second-order valence-corrected chi connectivity index (χ2v) is 6.45. The molecule has 2 heterocycles. The fourth-order valence-corrected chi connectivity index (χ4v) is 3.03. The van der Waals surface area contributed by atoms with Crippen molar-refractivity contribution in [3.8, 4) is 11.4 Å². The molecule has 0 saturated carbocycles. The van der Waals surface area contributed by atoms with Crippen LogP contribution in [0.15, 0.2) is 42.6 Å². The van der Waals surface area contributed by atoms with Gasteiger partial charge in [0.05, 0.1) is 28.0 Å². The van der Waals surface area contributed by atoms with Crippen molar-refractivity contribution in [2.24, 2.45) is 0 Å². The van der Waals surface area contributed by atoms with Gasteiger partial charge in [0, 0.05) is 21.6 Å². The van der Waals surface area contributed by atoms with Gasteiger partial charge in [-0.15, -0.1) is 5.10 Å². The molecule has 10 heteroatoms. The minimum absolute atomic E-state index is 0.0242. The number of aromatic carboxylic acids is 1. The zero-order valence-electron chi connectivity index (χ0n) is 13.4. The molecule has 0 fully saturated rings. The van der Waals surface area contributed by atoms with E-state index >= 15 is 0 Å². The minimum Gasteiger partial charge on any atom is -0.478 e. The lowest BCUT2D eigenvalue weighted by Crippen LogP contribution is -2.04. The molecular weight excluding hydrogens is 391 g/mol. The number of aromatic amines is 1. The SMILES string of the molecule is O=C(O)c1cc(Cl)ccc1Nc1c(-c2nnn[nH]2)cnc2ccc(Cl)cc12. The van der Waals surface area contributed by atoms with Crippen LogP contribution in [0.3, 0.4) is 0 Å². The van der Waals surface area contributed by atoms with Crippen LogP contribution in [-0.4, -0.2) is 36.7 Å². The van der Waals surface area contributed by atoms with E-state index in [0.717, 1.165) is 0 Å². The first-order valence-electron chi connectivity index (χ1n) is 7.65. The average molecular weight is 401 g/mol. The summed E-state index contributed by atoms with van der Waals surface area (Å²) in [6.45, 7) is 0. The second-order valence-electron chi connectivity index (χ2n) is 5.58. The Hall–Kier alpha value is -3.23. The molecule has 4 aromatic rings. The summed E-state index contributed by atoms with van der Waals surface area (Å²) >= 11 is 12.1. The number of hydrogen-bond acceptors (Lipinski definition) is 6. The number of tetrazole rings is 1. The molecule has 0 bridgehead atoms. The summed E-state index contributed by atoms with van der Waals surface area (Å²) in [5.41, 5.74) is 2.17. The summed E-state index contributed by atoms with van der Waals surface area (Å²) in [5, 5.41) is 28.0. The van der Waals surface area contributed by atoms with E-state index in [9.17, 15) is 9.90 Å². The molecule has 134 valence electrons. The molecule has 0 aliphatic heterocycles. The molecular formula is C17H10Cl2N6O2. The molecule has 0 atom stereocenters. The summed E-state index contributed by atoms with van der Waals surface area (Å²) in [6, 6.07) is 9.79. The number of nitrogens with one attached hydrogen (secondary N) is 2. The number of carboxylic acid groups (broad SMARTS) is 1. The van der Waals surface area contributed by atoms with Gasteiger partial charge in [0.1, 0.15) is 0 Å². The van der Waals surface area contributed by atoms with E-state index in [1.807, 2.05) is 0 Å². The van der Waals surface area contributed by atoms with Crippen LogP contribution in [0, 0.1) is 0 Å². The molecule has 0 saturated heterocycles. The van der Waals surface area contributed by atoms with Crippen LogP contribution in [0.1, 0.15) is 10.4 Å². The molecule has 0 unspecified atom stereocenters. The molecule has 2 aromatic carbocycles. The van der Waals surface area contributed by atoms with Gasteiger partial charge in [-0.1, -0.05) is 23.2 Å². The highest BCUT2D eigenvalue weighted by Crippen LogP contribution is 2.36. The molecule has 27 heavy (non-hydrogen) atoms. The predicted octanol–water partition coefficient (Wildman–Crippen LogP) is 4.16. The number of rotatable bonds is 4. The molecule has 2 aromatic heterocycles. The Labute approximate surface area is 162 Å². The third kappa shape index (κ3) is 3.27. The third-order valence-corrected chi connectivity index (χ3v) is 4.37. The normalized spacial score (nSPS) is 10.9. The van der Waals surface area contributed by atoms with Gasteiger partial charge in [0.2, 0.25) is 0 Å². The summed E-state index contributed by atoms with van der Waals surface area (Å²) in [4.78, 5) is 16.0. The number of fused-ring (bicyclic) bond motifs is 1. The molecule has 0 spiro atoms. The first-order valence-corrected chi connectivity index (χ1v) is 8.41. The largest absolute Gasteiger partial charge is 0.478 e. The van der Waals surface area contributed by atoms with Gasteiger partial charge < -0.3 is 10.4 Å². The number of pyridine rings is 1. The van der Waals surface area contributed by atoms with E-state index < -0.39 is 5.97 Å². The zero-order valence-corrected chi connectivity index (χ0v) is 15.0. The third-order valence-electron chi connectivity index (χ3n) is 3.90. The van der Waals surface area contributed by atoms with E-state index in [1.54, 1.807) is 36.5 Å². The van der Waals surface area contributed by atoms with Crippen molar-refractivity contribution in [3.05, 3.63) is 58.2 Å². The maximum Gasteiger partial charge on any atom is 0.337 e. The van der Waals surface area contributed by atoms with Gasteiger partial charge >= 0.3 is 5.97 Å². The van der Waals surface area contributed by atoms with Gasteiger partial charge in [0.15, 0.2) is 5.82 Å². The summed E-state index contributed by atoms with van der Waals surface area (Å²) in [7, 11) is 0. The van der Waals surface area contributed by atoms with Crippen molar-refractivity contribution in [1.82, 2.24) is 25.6 Å². The fourth-order valence-electron chi connectivity index (χ4n) is 2.69. The minimum atomic E-state index is -1.11. The Morgan fingerprint density at radius 2 is 1.89 bits per heavy atom. The highest BCUT2D eigenvalue weighted by molar-refractivity contribution is 6.32. The zero-order chi connectivity index (χ0) is 19.0. The summed E-state index contributed by atoms with van der Waals surface area (Å²) in [6.07, 6.45) is 1.59. The molecule has 0 aliphatic carbocycles. The predicted molar refractivity (Wildman–Crippen MR) is 102 cm³/mol. The molecule has 0 radical (unpaired) electrons. The number of anilines is 2. The summed E-state index contributed by atoms with van der Waals surface area (Å²) in [5.74, 6) is -0.739. The van der Waals surface area contributed by atoms with Crippen LogP contribution in [0.2, 0.25) is 10.0 Å². The lowest BCUT2D eigenvalue weighted by Gasteiger charge is -2.15. The smallest absolute Gasteiger partial charge is 0.337 e. The van der Waals surface area contributed by atoms with Crippen LogP contribution in [0.5, 0.6) is 0 Å². The Kier molecular flexibility index (Phi) is 4.35. The van der Waals surface area contributed by atoms with Crippen molar-refractivity contribution < 1.29 is 9.90 Å². The number of benzene rings is 2. The topological polar surface area (TPSA) is 117 Å². The van der Waals surface area contributed by atoms with Crippen molar-refractivity contribution in [3.63, 3.8) is 0 Å². The maximum atomic E-state index is 11.6. The summed E-state index contributed by atoms with van der Waals surface area (Å²) < 4.78 is 0. The average Bonchev–Trinajstić information content (AvgIpc) is 3.17. The van der Waals surface area contributed by atoms with Crippen LogP contribution in [0.25, 0.3) is 22.3 Å². The Morgan fingerprint density at radius 3 is 2.63 bits per heavy atom. The first-order chi connectivity index (χ1) is 13.0. The van der Waals surface area contributed by atoms with Gasteiger partial charge in [0.25, 0.3) is 0 Å². The van der Waals surface area contributed by atoms with E-state index in [2.05, 4.69) is 30.9 Å². The van der Waals surface area contributed by atoms with E-state index in [1.165, 1.54) is 6.07 Å². The number of halogens is 2. The number of H-pyrrole nitrogens is 1. The van der Waals surface area contributed by atoms with E-state index in [0.29, 0.717) is 43.7 Å². The van der Waals surface area contributed by atoms with Crippen molar-refractivity contribution in [2.75, 3.05) is 5.32 Å². The lowest BCUT2D eigenvalue weighted by molar-refractivity contribution is 0.0698. The Morgan fingerprint density at radius 1 is 1.11 bits per heavy atom. The Balaban J connectivity index is 1.96. The van der Waals surface area contributed by atoms with Gasteiger partial charge in [-0.05, 0) is 46.8 Å². The van der Waals surface area contributed by atoms with Crippen molar-refractivity contribution in [2.45, 2.75) is 0 Å². The van der Waals surface area contributed by atoms with Crippen molar-refractivity contribution >= 4 is 51.4 Å². The van der Waals surface area contributed by atoms with Gasteiger partial charge in [-0.2, -0.15) is 0 Å². The van der Waals surface area contributed by atoms with Crippen LogP contribution >= 0.6 is 23.2 Å².